The first-order chi connectivity index (χ1) is 7.92. The molecule has 0 aromatic carbocycles. The molecule has 6 nitrogen and oxygen atoms in total. The number of hydrogen-bond acceptors (Lipinski definition) is 5. The van der Waals surface area contributed by atoms with E-state index < -0.39 is 5.54 Å². The zero-order valence-corrected chi connectivity index (χ0v) is 10.8. The second kappa shape index (κ2) is 5.13. The highest BCUT2D eigenvalue weighted by Crippen LogP contribution is 2.15. The van der Waals surface area contributed by atoms with Crippen LogP contribution >= 0.6 is 11.3 Å². The quantitative estimate of drug-likeness (QED) is 0.325. The van der Waals surface area contributed by atoms with Gasteiger partial charge in [-0.15, -0.1) is 11.3 Å². The van der Waals surface area contributed by atoms with E-state index in [9.17, 15) is 4.79 Å². The van der Waals surface area contributed by atoms with E-state index in [0.29, 0.717) is 11.3 Å². The zero-order valence-electron chi connectivity index (χ0n) is 10.0. The van der Waals surface area contributed by atoms with Crippen LogP contribution in [-0.4, -0.2) is 27.5 Å². The molecule has 0 aliphatic rings. The summed E-state index contributed by atoms with van der Waals surface area (Å²) in [6, 6.07) is 0. The van der Waals surface area contributed by atoms with Crippen LogP contribution in [0.15, 0.2) is 11.4 Å². The Morgan fingerprint density at radius 2 is 2.41 bits per heavy atom. The fraction of sp³-hybridized carbons (Fsp3) is 0.500. The van der Waals surface area contributed by atoms with Crippen LogP contribution in [0.2, 0.25) is 0 Å². The van der Waals surface area contributed by atoms with Crippen LogP contribution in [0.4, 0.5) is 0 Å². The van der Waals surface area contributed by atoms with Gasteiger partial charge in [0.25, 0.3) is 5.91 Å². The number of nitrogens with two attached hydrogens (primary N) is 1. The van der Waals surface area contributed by atoms with Gasteiger partial charge in [-0.25, -0.2) is 4.98 Å². The van der Waals surface area contributed by atoms with Crippen molar-refractivity contribution < 1.29 is 10.0 Å². The highest BCUT2D eigenvalue weighted by Gasteiger charge is 2.30. The van der Waals surface area contributed by atoms with Crippen LogP contribution in [0.1, 0.15) is 34.9 Å². The van der Waals surface area contributed by atoms with E-state index in [1.165, 1.54) is 17.5 Å². The molecule has 0 saturated carbocycles. The number of aryl methyl sites for hydroxylation is 1. The Bertz CT molecular complexity index is 443. The summed E-state index contributed by atoms with van der Waals surface area (Å²) >= 11 is 1.30. The van der Waals surface area contributed by atoms with E-state index in [4.69, 9.17) is 10.9 Å². The Morgan fingerprint density at radius 3 is 2.82 bits per heavy atom. The SMILES string of the molecule is CCC(C)(NC(=O)c1cnc(C)s1)C(N)=NO. The van der Waals surface area contributed by atoms with Gasteiger partial charge in [0.05, 0.1) is 16.7 Å². The van der Waals surface area contributed by atoms with Crippen molar-refractivity contribution in [2.24, 2.45) is 10.9 Å². The summed E-state index contributed by atoms with van der Waals surface area (Å²) in [4.78, 5) is 16.4. The number of oxime groups is 1. The molecule has 0 saturated heterocycles. The molecule has 0 aliphatic carbocycles. The normalized spacial score (nSPS) is 15.4. The maximum Gasteiger partial charge on any atom is 0.263 e. The van der Waals surface area contributed by atoms with Gasteiger partial charge in [-0.05, 0) is 20.3 Å². The second-order valence-corrected chi connectivity index (χ2v) is 5.10. The summed E-state index contributed by atoms with van der Waals surface area (Å²) in [5.41, 5.74) is 4.71. The van der Waals surface area contributed by atoms with Crippen molar-refractivity contribution in [3.63, 3.8) is 0 Å². The Hall–Kier alpha value is -1.63. The number of amides is 1. The van der Waals surface area contributed by atoms with Gasteiger partial charge in [-0.1, -0.05) is 12.1 Å². The fourth-order valence-corrected chi connectivity index (χ4v) is 1.90. The second-order valence-electron chi connectivity index (χ2n) is 3.87. The lowest BCUT2D eigenvalue weighted by Gasteiger charge is -2.27. The van der Waals surface area contributed by atoms with E-state index in [0.717, 1.165) is 5.01 Å². The van der Waals surface area contributed by atoms with Gasteiger partial charge in [0.15, 0.2) is 5.84 Å². The third-order valence-corrected chi connectivity index (χ3v) is 3.53. The molecule has 1 atom stereocenters. The summed E-state index contributed by atoms with van der Waals surface area (Å²) in [5, 5.41) is 15.2. The molecule has 94 valence electrons. The van der Waals surface area contributed by atoms with E-state index in [1.807, 2.05) is 13.8 Å². The minimum Gasteiger partial charge on any atom is -0.409 e. The summed E-state index contributed by atoms with van der Waals surface area (Å²) < 4.78 is 0. The first-order valence-electron chi connectivity index (χ1n) is 5.16. The molecule has 0 bridgehead atoms. The van der Waals surface area contributed by atoms with Crippen molar-refractivity contribution in [3.8, 4) is 0 Å². The molecule has 1 rings (SSSR count). The van der Waals surface area contributed by atoms with Gasteiger partial charge in [-0.3, -0.25) is 4.79 Å². The van der Waals surface area contributed by atoms with Crippen LogP contribution in [0.5, 0.6) is 0 Å². The number of amidine groups is 1. The lowest BCUT2D eigenvalue weighted by atomic mass is 9.97. The number of nitrogens with zero attached hydrogens (tertiary/aromatic N) is 2. The van der Waals surface area contributed by atoms with Gasteiger partial charge in [-0.2, -0.15) is 0 Å². The number of aromatic nitrogens is 1. The molecular weight excluding hydrogens is 240 g/mol. The van der Waals surface area contributed by atoms with Crippen molar-refractivity contribution in [2.75, 3.05) is 0 Å². The largest absolute Gasteiger partial charge is 0.409 e. The molecule has 0 spiro atoms. The molecule has 0 fully saturated rings. The molecule has 1 aromatic heterocycles. The zero-order chi connectivity index (χ0) is 13.1. The molecule has 17 heavy (non-hydrogen) atoms. The molecule has 1 unspecified atom stereocenters. The number of nitrogens with one attached hydrogen (secondary N) is 1. The van der Waals surface area contributed by atoms with Gasteiger partial charge >= 0.3 is 0 Å². The minimum atomic E-state index is -0.857. The molecular formula is C10H16N4O2S. The lowest BCUT2D eigenvalue weighted by Crippen LogP contribution is -2.54. The minimum absolute atomic E-state index is 0.0189. The molecule has 1 amide bonds. The fourth-order valence-electron chi connectivity index (χ4n) is 1.22. The summed E-state index contributed by atoms with van der Waals surface area (Å²) in [5.74, 6) is -0.291. The topological polar surface area (TPSA) is 101 Å². The van der Waals surface area contributed by atoms with Crippen LogP contribution in [0.25, 0.3) is 0 Å². The maximum absolute atomic E-state index is 11.9. The highest BCUT2D eigenvalue weighted by atomic mass is 32.1. The molecule has 0 radical (unpaired) electrons. The Morgan fingerprint density at radius 1 is 1.76 bits per heavy atom. The van der Waals surface area contributed by atoms with Crippen LogP contribution in [-0.2, 0) is 0 Å². The van der Waals surface area contributed by atoms with E-state index in [2.05, 4.69) is 15.5 Å². The van der Waals surface area contributed by atoms with Gasteiger partial charge in [0.2, 0.25) is 0 Å². The summed E-state index contributed by atoms with van der Waals surface area (Å²) in [6.45, 7) is 5.37. The van der Waals surface area contributed by atoms with E-state index in [-0.39, 0.29) is 11.7 Å². The Labute approximate surface area is 104 Å². The smallest absolute Gasteiger partial charge is 0.263 e. The third-order valence-electron chi connectivity index (χ3n) is 2.61. The molecule has 1 heterocycles. The maximum atomic E-state index is 11.9. The average molecular weight is 256 g/mol. The standard InChI is InChI=1S/C10H16N4O2S/c1-4-10(3,9(11)14-16)13-8(15)7-5-12-6(2)17-7/h5,16H,4H2,1-3H3,(H2,11,14)(H,13,15). The molecule has 1 aromatic rings. The van der Waals surface area contributed by atoms with Crippen LogP contribution in [0, 0.1) is 6.92 Å². The van der Waals surface area contributed by atoms with E-state index in [1.54, 1.807) is 6.92 Å². The lowest BCUT2D eigenvalue weighted by molar-refractivity contribution is 0.0929. The van der Waals surface area contributed by atoms with Crippen LogP contribution < -0.4 is 11.1 Å². The van der Waals surface area contributed by atoms with Gasteiger partial charge in [0.1, 0.15) is 4.88 Å². The van der Waals surface area contributed by atoms with E-state index >= 15 is 0 Å². The summed E-state index contributed by atoms with van der Waals surface area (Å²) in [7, 11) is 0. The van der Waals surface area contributed by atoms with Gasteiger partial charge in [0, 0.05) is 0 Å². The van der Waals surface area contributed by atoms with Crippen molar-refractivity contribution in [1.29, 1.82) is 0 Å². The van der Waals surface area contributed by atoms with Crippen molar-refractivity contribution in [2.45, 2.75) is 32.7 Å². The Balaban J connectivity index is 2.86. The molecule has 7 heteroatoms. The first-order valence-corrected chi connectivity index (χ1v) is 5.97. The monoisotopic (exact) mass is 256 g/mol. The van der Waals surface area contributed by atoms with Crippen molar-refractivity contribution >= 4 is 23.1 Å². The highest BCUT2D eigenvalue weighted by molar-refractivity contribution is 7.13. The predicted octanol–water partition coefficient (Wildman–Crippen LogP) is 1.10. The van der Waals surface area contributed by atoms with Gasteiger partial charge < -0.3 is 16.3 Å². The Kier molecular flexibility index (Phi) is 4.06. The first kappa shape index (κ1) is 13.4. The molecule has 4 N–H and O–H groups in total. The molecule has 0 aliphatic heterocycles. The van der Waals surface area contributed by atoms with Crippen molar-refractivity contribution in [1.82, 2.24) is 10.3 Å². The average Bonchev–Trinajstić information content (AvgIpc) is 2.74. The number of carbonyl (C=O) groups excluding carboxylic acids is 1. The predicted molar refractivity (Wildman–Crippen MR) is 66.4 cm³/mol. The third kappa shape index (κ3) is 2.94. The number of rotatable bonds is 4. The van der Waals surface area contributed by atoms with Crippen molar-refractivity contribution in [3.05, 3.63) is 16.1 Å². The van der Waals surface area contributed by atoms with Crippen LogP contribution in [0.3, 0.4) is 0 Å². The number of thiazole rings is 1. The number of carbonyl (C=O) groups is 1. The number of hydrogen-bond donors (Lipinski definition) is 3. The summed E-state index contributed by atoms with van der Waals surface area (Å²) in [6.07, 6.45) is 2.03.